The Bertz CT molecular complexity index is 488. The van der Waals surface area contributed by atoms with Crippen LogP contribution in [0, 0.1) is 0 Å². The molecule has 1 rings (SSSR count). The Kier molecular flexibility index (Phi) is 11.5. The molecule has 0 amide bonds. The van der Waals surface area contributed by atoms with Gasteiger partial charge in [-0.15, -0.1) is 0 Å². The van der Waals surface area contributed by atoms with Gasteiger partial charge in [0.25, 0.3) is 0 Å². The van der Waals surface area contributed by atoms with Crippen molar-refractivity contribution in [2.75, 3.05) is 36.7 Å². The molecular formula is C18H26O4S2. The summed E-state index contributed by atoms with van der Waals surface area (Å²) in [6.45, 7) is 2.89. The molecule has 6 heteroatoms. The highest BCUT2D eigenvalue weighted by Crippen LogP contribution is 2.09. The van der Waals surface area contributed by atoms with Crippen molar-refractivity contribution in [3.8, 4) is 0 Å². The van der Waals surface area contributed by atoms with Crippen LogP contribution >= 0.6 is 23.5 Å². The van der Waals surface area contributed by atoms with Crippen molar-refractivity contribution in [1.82, 2.24) is 0 Å². The van der Waals surface area contributed by atoms with Crippen molar-refractivity contribution in [2.45, 2.75) is 26.2 Å². The van der Waals surface area contributed by atoms with Crippen molar-refractivity contribution in [3.05, 3.63) is 35.4 Å². The van der Waals surface area contributed by atoms with Gasteiger partial charge in [-0.3, -0.25) is 0 Å². The van der Waals surface area contributed by atoms with Crippen LogP contribution in [0.3, 0.4) is 0 Å². The summed E-state index contributed by atoms with van der Waals surface area (Å²) in [7, 11) is 0. The van der Waals surface area contributed by atoms with E-state index >= 15 is 0 Å². The first-order valence-electron chi connectivity index (χ1n) is 8.20. The van der Waals surface area contributed by atoms with E-state index in [9.17, 15) is 9.59 Å². The normalized spacial score (nSPS) is 10.4. The lowest BCUT2D eigenvalue weighted by atomic mass is 10.1. The van der Waals surface area contributed by atoms with Crippen LogP contribution in [0.15, 0.2) is 24.3 Å². The zero-order valence-electron chi connectivity index (χ0n) is 14.4. The molecule has 1 aromatic carbocycles. The Morgan fingerprint density at radius 1 is 0.875 bits per heavy atom. The van der Waals surface area contributed by atoms with Gasteiger partial charge in [-0.05, 0) is 49.1 Å². The summed E-state index contributed by atoms with van der Waals surface area (Å²) in [5.74, 6) is 2.57. The van der Waals surface area contributed by atoms with Crippen LogP contribution in [0.25, 0.3) is 0 Å². The minimum Gasteiger partial charge on any atom is -0.462 e. The van der Waals surface area contributed by atoms with Crippen LogP contribution in [-0.2, 0) is 9.47 Å². The lowest BCUT2D eigenvalue weighted by Gasteiger charge is -2.06. The number of benzene rings is 1. The average molecular weight is 371 g/mol. The van der Waals surface area contributed by atoms with E-state index in [1.54, 1.807) is 24.3 Å². The van der Waals surface area contributed by atoms with Gasteiger partial charge in [0.05, 0.1) is 24.3 Å². The number of unbranched alkanes of at least 4 members (excludes halogenated alkanes) is 1. The second-order valence-corrected chi connectivity index (χ2v) is 7.37. The predicted molar refractivity (Wildman–Crippen MR) is 102 cm³/mol. The van der Waals surface area contributed by atoms with Gasteiger partial charge in [0, 0.05) is 11.5 Å². The lowest BCUT2D eigenvalue weighted by molar-refractivity contribution is 0.0488. The van der Waals surface area contributed by atoms with E-state index in [4.69, 9.17) is 9.47 Å². The van der Waals surface area contributed by atoms with Gasteiger partial charge in [0.2, 0.25) is 0 Å². The van der Waals surface area contributed by atoms with Crippen LogP contribution in [0.4, 0.5) is 0 Å². The summed E-state index contributed by atoms with van der Waals surface area (Å²) in [5, 5.41) is 0. The summed E-state index contributed by atoms with van der Waals surface area (Å²) < 4.78 is 10.4. The van der Waals surface area contributed by atoms with E-state index in [0.717, 1.165) is 36.5 Å². The standard InChI is InChI=1S/C18H26O4S2/c1-3-4-10-21-17(19)15-6-8-16(9-7-15)18(20)22-11-5-12-24-14-13-23-2/h6-9H,3-5,10-14H2,1-2H3. The van der Waals surface area contributed by atoms with Crippen molar-refractivity contribution in [1.29, 1.82) is 0 Å². The van der Waals surface area contributed by atoms with Gasteiger partial charge in [-0.25, -0.2) is 9.59 Å². The molecule has 0 saturated carbocycles. The summed E-state index contributed by atoms with van der Waals surface area (Å²) in [4.78, 5) is 23.7. The highest BCUT2D eigenvalue weighted by Gasteiger charge is 2.10. The Labute approximate surface area is 153 Å². The molecule has 0 saturated heterocycles. The highest BCUT2D eigenvalue weighted by atomic mass is 32.2. The first-order valence-corrected chi connectivity index (χ1v) is 10.7. The number of carbonyl (C=O) groups excluding carboxylic acids is 2. The molecule has 134 valence electrons. The van der Waals surface area contributed by atoms with Crippen LogP contribution in [-0.4, -0.2) is 48.7 Å². The fourth-order valence-electron chi connectivity index (χ4n) is 1.79. The maximum absolute atomic E-state index is 11.9. The molecule has 0 aliphatic rings. The third-order valence-corrected chi connectivity index (χ3v) is 5.13. The van der Waals surface area contributed by atoms with Gasteiger partial charge < -0.3 is 9.47 Å². The molecule has 0 aliphatic carbocycles. The van der Waals surface area contributed by atoms with E-state index in [2.05, 4.69) is 6.26 Å². The molecule has 0 radical (unpaired) electrons. The zero-order valence-corrected chi connectivity index (χ0v) is 16.0. The summed E-state index contributed by atoms with van der Waals surface area (Å²) in [6.07, 6.45) is 4.78. The van der Waals surface area contributed by atoms with Gasteiger partial charge in [0.15, 0.2) is 0 Å². The van der Waals surface area contributed by atoms with Crippen molar-refractivity contribution in [3.63, 3.8) is 0 Å². The zero-order chi connectivity index (χ0) is 17.6. The number of hydrogen-bond donors (Lipinski definition) is 0. The topological polar surface area (TPSA) is 52.6 Å². The third kappa shape index (κ3) is 8.64. The molecule has 0 fully saturated rings. The molecule has 0 atom stereocenters. The minimum absolute atomic E-state index is 0.352. The van der Waals surface area contributed by atoms with Crippen LogP contribution in [0.2, 0.25) is 0 Å². The van der Waals surface area contributed by atoms with E-state index in [0.29, 0.717) is 24.3 Å². The number of ether oxygens (including phenoxy) is 2. The predicted octanol–water partition coefficient (Wildman–Crippen LogP) is 4.29. The molecular weight excluding hydrogens is 344 g/mol. The quantitative estimate of drug-likeness (QED) is 0.404. The second kappa shape index (κ2) is 13.2. The number of rotatable bonds is 12. The maximum atomic E-state index is 11.9. The number of esters is 2. The molecule has 1 aromatic rings. The fourth-order valence-corrected chi connectivity index (χ4v) is 3.45. The average Bonchev–Trinajstić information content (AvgIpc) is 2.61. The summed E-state index contributed by atoms with van der Waals surface area (Å²) >= 11 is 3.71. The monoisotopic (exact) mass is 370 g/mol. The largest absolute Gasteiger partial charge is 0.462 e. The molecule has 0 N–H and O–H groups in total. The Balaban J connectivity index is 2.29. The number of hydrogen-bond acceptors (Lipinski definition) is 6. The molecule has 0 heterocycles. The van der Waals surface area contributed by atoms with E-state index in [1.807, 2.05) is 30.4 Å². The smallest absolute Gasteiger partial charge is 0.338 e. The van der Waals surface area contributed by atoms with Crippen molar-refractivity contribution in [2.24, 2.45) is 0 Å². The number of thioether (sulfide) groups is 2. The molecule has 4 nitrogen and oxygen atoms in total. The maximum Gasteiger partial charge on any atom is 0.338 e. The summed E-state index contributed by atoms with van der Waals surface area (Å²) in [6, 6.07) is 6.41. The van der Waals surface area contributed by atoms with E-state index in [1.165, 1.54) is 0 Å². The third-order valence-electron chi connectivity index (χ3n) is 3.19. The first kappa shape index (κ1) is 20.9. The number of carbonyl (C=O) groups is 2. The molecule has 0 spiro atoms. The molecule has 0 unspecified atom stereocenters. The second-order valence-electron chi connectivity index (χ2n) is 5.16. The van der Waals surface area contributed by atoms with Crippen LogP contribution in [0.1, 0.15) is 46.9 Å². The van der Waals surface area contributed by atoms with Gasteiger partial charge in [-0.1, -0.05) is 13.3 Å². The Morgan fingerprint density at radius 2 is 1.42 bits per heavy atom. The van der Waals surface area contributed by atoms with Gasteiger partial charge in [0.1, 0.15) is 0 Å². The van der Waals surface area contributed by atoms with Gasteiger partial charge >= 0.3 is 11.9 Å². The highest BCUT2D eigenvalue weighted by molar-refractivity contribution is 8.02. The lowest BCUT2D eigenvalue weighted by Crippen LogP contribution is -2.09. The van der Waals surface area contributed by atoms with E-state index < -0.39 is 0 Å². The minimum atomic E-state index is -0.356. The molecule has 24 heavy (non-hydrogen) atoms. The summed E-state index contributed by atoms with van der Waals surface area (Å²) in [5.41, 5.74) is 0.906. The Hall–Kier alpha value is -1.14. The first-order chi connectivity index (χ1) is 11.7. The Morgan fingerprint density at radius 3 is 1.92 bits per heavy atom. The van der Waals surface area contributed by atoms with E-state index in [-0.39, 0.29) is 11.9 Å². The molecule has 0 aliphatic heterocycles. The van der Waals surface area contributed by atoms with Crippen molar-refractivity contribution >= 4 is 35.5 Å². The van der Waals surface area contributed by atoms with Crippen molar-refractivity contribution < 1.29 is 19.1 Å². The van der Waals surface area contributed by atoms with Crippen LogP contribution in [0.5, 0.6) is 0 Å². The van der Waals surface area contributed by atoms with Crippen LogP contribution < -0.4 is 0 Å². The SMILES string of the molecule is CCCCOC(=O)c1ccc(C(=O)OCCCSCCSC)cc1. The fraction of sp³-hybridized carbons (Fsp3) is 0.556. The van der Waals surface area contributed by atoms with Gasteiger partial charge in [-0.2, -0.15) is 23.5 Å². The molecule has 0 aromatic heterocycles. The molecule has 0 bridgehead atoms.